The van der Waals surface area contributed by atoms with E-state index in [9.17, 15) is 13.2 Å². The molecule has 0 spiro atoms. The molecule has 6 nitrogen and oxygen atoms in total. The molecule has 0 radical (unpaired) electrons. The molecule has 1 atom stereocenters. The highest BCUT2D eigenvalue weighted by Gasteiger charge is 2.28. The quantitative estimate of drug-likeness (QED) is 0.661. The van der Waals surface area contributed by atoms with E-state index in [2.05, 4.69) is 5.32 Å². The van der Waals surface area contributed by atoms with Gasteiger partial charge in [-0.1, -0.05) is 54.8 Å². The van der Waals surface area contributed by atoms with E-state index in [4.69, 9.17) is 11.6 Å². The van der Waals surface area contributed by atoms with E-state index in [0.29, 0.717) is 25.2 Å². The van der Waals surface area contributed by atoms with Gasteiger partial charge in [0.05, 0.1) is 25.7 Å². The van der Waals surface area contributed by atoms with Gasteiger partial charge in [-0.05, 0) is 31.0 Å². The number of halogens is 1. The summed E-state index contributed by atoms with van der Waals surface area (Å²) in [4.78, 5) is 14.0. The topological polar surface area (TPSA) is 70.9 Å². The van der Waals surface area contributed by atoms with Gasteiger partial charge in [0.1, 0.15) is 10.9 Å². The Morgan fingerprint density at radius 3 is 2.32 bits per heavy atom. The first-order valence-corrected chi connectivity index (χ1v) is 12.6. The number of amides is 1. The van der Waals surface area contributed by atoms with Crippen LogP contribution >= 0.6 is 11.6 Å². The number of hydrogen-bond acceptors (Lipinski definition) is 3. The van der Waals surface area contributed by atoms with Crippen LogP contribution in [0.4, 0.5) is 0 Å². The normalized spacial score (nSPS) is 16.6. The molecular weight excluding hydrogens is 434 g/mol. The minimum absolute atomic E-state index is 0.00145. The van der Waals surface area contributed by atoms with Crippen LogP contribution in [0.1, 0.15) is 47.6 Å². The molecule has 0 unspecified atom stereocenters. The van der Waals surface area contributed by atoms with Gasteiger partial charge in [0, 0.05) is 24.2 Å². The second-order valence-corrected chi connectivity index (χ2v) is 10.5. The fourth-order valence-electron chi connectivity index (χ4n) is 3.90. The van der Waals surface area contributed by atoms with Crippen molar-refractivity contribution in [1.29, 1.82) is 0 Å². The number of quaternary nitrogens is 1. The van der Waals surface area contributed by atoms with E-state index < -0.39 is 10.0 Å². The highest BCUT2D eigenvalue weighted by Crippen LogP contribution is 2.27. The smallest absolute Gasteiger partial charge is 0.251 e. The van der Waals surface area contributed by atoms with Crippen molar-refractivity contribution in [3.63, 3.8) is 0 Å². The average molecular weight is 465 g/mol. The van der Waals surface area contributed by atoms with Crippen molar-refractivity contribution in [3.05, 3.63) is 64.7 Å². The molecule has 1 aliphatic rings. The van der Waals surface area contributed by atoms with E-state index in [-0.39, 0.29) is 21.9 Å². The Morgan fingerprint density at radius 1 is 1.06 bits per heavy atom. The SMILES string of the molecule is C[NH+](C)[C@H](CNC(=O)c1ccc(Cl)c(S(=O)(=O)N2CCCCCC2)c1)c1ccccc1. The lowest BCUT2D eigenvalue weighted by atomic mass is 10.1. The molecule has 0 aliphatic carbocycles. The van der Waals surface area contributed by atoms with Gasteiger partial charge in [0.2, 0.25) is 10.0 Å². The minimum atomic E-state index is -3.74. The van der Waals surface area contributed by atoms with Crippen LogP contribution in [0.5, 0.6) is 0 Å². The van der Waals surface area contributed by atoms with Crippen molar-refractivity contribution in [2.75, 3.05) is 33.7 Å². The molecule has 0 aromatic heterocycles. The highest BCUT2D eigenvalue weighted by atomic mass is 35.5. The molecule has 31 heavy (non-hydrogen) atoms. The monoisotopic (exact) mass is 464 g/mol. The molecule has 1 aliphatic heterocycles. The van der Waals surface area contributed by atoms with Crippen LogP contribution in [0.25, 0.3) is 0 Å². The number of nitrogens with one attached hydrogen (secondary N) is 2. The zero-order chi connectivity index (χ0) is 22.4. The first-order valence-electron chi connectivity index (χ1n) is 10.7. The lowest BCUT2D eigenvalue weighted by molar-refractivity contribution is -0.890. The lowest BCUT2D eigenvalue weighted by Gasteiger charge is -2.23. The molecule has 0 saturated carbocycles. The van der Waals surface area contributed by atoms with Crippen molar-refractivity contribution < 1.29 is 18.1 Å². The molecule has 1 heterocycles. The molecule has 168 valence electrons. The predicted molar refractivity (Wildman–Crippen MR) is 123 cm³/mol. The van der Waals surface area contributed by atoms with Crippen molar-refractivity contribution in [2.45, 2.75) is 36.6 Å². The molecule has 8 heteroatoms. The molecule has 3 rings (SSSR count). The van der Waals surface area contributed by atoms with E-state index in [1.54, 1.807) is 6.07 Å². The summed E-state index contributed by atoms with van der Waals surface area (Å²) in [6.45, 7) is 1.40. The molecule has 1 amide bonds. The Bertz CT molecular complexity index is 988. The van der Waals surface area contributed by atoms with Crippen LogP contribution in [0.2, 0.25) is 5.02 Å². The number of carbonyl (C=O) groups excluding carboxylic acids is 1. The van der Waals surface area contributed by atoms with Crippen LogP contribution in [0.3, 0.4) is 0 Å². The fourth-order valence-corrected chi connectivity index (χ4v) is 5.92. The van der Waals surface area contributed by atoms with Crippen LogP contribution in [-0.2, 0) is 10.0 Å². The Balaban J connectivity index is 1.78. The van der Waals surface area contributed by atoms with Crippen molar-refractivity contribution in [1.82, 2.24) is 9.62 Å². The third-order valence-electron chi connectivity index (χ3n) is 5.74. The van der Waals surface area contributed by atoms with Gasteiger partial charge in [0.15, 0.2) is 0 Å². The zero-order valence-corrected chi connectivity index (χ0v) is 19.7. The molecule has 2 N–H and O–H groups in total. The Kier molecular flexibility index (Phi) is 8.11. The molecule has 2 aromatic rings. The number of sulfonamides is 1. The van der Waals surface area contributed by atoms with Gasteiger partial charge in [-0.3, -0.25) is 4.79 Å². The van der Waals surface area contributed by atoms with Crippen LogP contribution < -0.4 is 10.2 Å². The van der Waals surface area contributed by atoms with Gasteiger partial charge < -0.3 is 10.2 Å². The maximum Gasteiger partial charge on any atom is 0.251 e. The van der Waals surface area contributed by atoms with Gasteiger partial charge >= 0.3 is 0 Å². The van der Waals surface area contributed by atoms with Crippen molar-refractivity contribution in [2.24, 2.45) is 0 Å². The second kappa shape index (κ2) is 10.6. The van der Waals surface area contributed by atoms with Crippen molar-refractivity contribution in [3.8, 4) is 0 Å². The highest BCUT2D eigenvalue weighted by molar-refractivity contribution is 7.89. The van der Waals surface area contributed by atoms with E-state index in [1.165, 1.54) is 21.3 Å². The number of rotatable bonds is 7. The maximum atomic E-state index is 13.2. The predicted octanol–water partition coefficient (Wildman–Crippen LogP) is 2.52. The van der Waals surface area contributed by atoms with Crippen LogP contribution in [-0.4, -0.2) is 52.4 Å². The number of nitrogens with zero attached hydrogens (tertiary/aromatic N) is 1. The Morgan fingerprint density at radius 2 is 1.71 bits per heavy atom. The number of carbonyl (C=O) groups is 1. The lowest BCUT2D eigenvalue weighted by Crippen LogP contribution is -3.07. The molecule has 0 bridgehead atoms. The summed E-state index contributed by atoms with van der Waals surface area (Å²) in [5, 5.41) is 3.09. The Hall–Kier alpha value is -1.93. The third-order valence-corrected chi connectivity index (χ3v) is 8.12. The molecular formula is C23H31ClN3O3S+. The summed E-state index contributed by atoms with van der Waals surface area (Å²) < 4.78 is 27.9. The molecule has 1 saturated heterocycles. The van der Waals surface area contributed by atoms with Crippen LogP contribution in [0, 0.1) is 0 Å². The largest absolute Gasteiger partial charge is 0.346 e. The summed E-state index contributed by atoms with van der Waals surface area (Å²) >= 11 is 6.25. The second-order valence-electron chi connectivity index (χ2n) is 8.21. The standard InChI is InChI=1S/C23H30ClN3O3S/c1-26(2)21(18-10-6-5-7-11-18)17-25-23(28)19-12-13-20(24)22(16-19)31(29,30)27-14-8-3-4-9-15-27/h5-7,10-13,16,21H,3-4,8-9,14-15,17H2,1-2H3,(H,25,28)/p+1/t21-/m1/s1. The van der Waals surface area contributed by atoms with E-state index >= 15 is 0 Å². The van der Waals surface area contributed by atoms with Crippen molar-refractivity contribution >= 4 is 27.5 Å². The summed E-state index contributed by atoms with van der Waals surface area (Å²) in [5.74, 6) is -0.314. The Labute approximate surface area is 190 Å². The number of likely N-dealkylation sites (N-methyl/N-ethyl adjacent to an activating group) is 1. The van der Waals surface area contributed by atoms with Gasteiger partial charge in [0.25, 0.3) is 5.91 Å². The summed E-state index contributed by atoms with van der Waals surface area (Å²) in [5.41, 5.74) is 1.42. The first kappa shape index (κ1) is 23.7. The van der Waals surface area contributed by atoms with Gasteiger partial charge in [-0.15, -0.1) is 0 Å². The zero-order valence-electron chi connectivity index (χ0n) is 18.1. The molecule has 1 fully saturated rings. The molecule has 2 aromatic carbocycles. The fraction of sp³-hybridized carbons (Fsp3) is 0.435. The van der Waals surface area contributed by atoms with Gasteiger partial charge in [-0.25, -0.2) is 8.42 Å². The summed E-state index contributed by atoms with van der Waals surface area (Å²) in [6, 6.07) is 14.5. The minimum Gasteiger partial charge on any atom is -0.346 e. The third kappa shape index (κ3) is 5.86. The van der Waals surface area contributed by atoms with Gasteiger partial charge in [-0.2, -0.15) is 4.31 Å². The maximum absolute atomic E-state index is 13.2. The number of benzene rings is 2. The average Bonchev–Trinajstić information content (AvgIpc) is 3.05. The first-order chi connectivity index (χ1) is 14.8. The summed E-state index contributed by atoms with van der Waals surface area (Å²) in [7, 11) is 0.337. The van der Waals surface area contributed by atoms with E-state index in [1.807, 2.05) is 44.4 Å². The van der Waals surface area contributed by atoms with Crippen LogP contribution in [0.15, 0.2) is 53.4 Å². The summed E-state index contributed by atoms with van der Waals surface area (Å²) in [6.07, 6.45) is 3.73. The van der Waals surface area contributed by atoms with E-state index in [0.717, 1.165) is 31.2 Å². The number of hydrogen-bond donors (Lipinski definition) is 2.